The second-order valence-electron chi connectivity index (χ2n) is 7.02. The second-order valence-corrected chi connectivity index (χ2v) is 8.70. The monoisotopic (exact) mass is 429 g/mol. The lowest BCUT2D eigenvalue weighted by Gasteiger charge is -2.28. The topological polar surface area (TPSA) is 113 Å². The van der Waals surface area contributed by atoms with Gasteiger partial charge in [-0.1, -0.05) is 6.07 Å². The van der Waals surface area contributed by atoms with Crippen molar-refractivity contribution in [3.63, 3.8) is 0 Å². The maximum absolute atomic E-state index is 12.7. The summed E-state index contributed by atoms with van der Waals surface area (Å²) in [4.78, 5) is 23.2. The molecule has 1 aromatic carbocycles. The Labute approximate surface area is 175 Å². The van der Waals surface area contributed by atoms with Crippen LogP contribution in [0.15, 0.2) is 52.5 Å². The zero-order valence-corrected chi connectivity index (χ0v) is 17.2. The van der Waals surface area contributed by atoms with Gasteiger partial charge in [0.25, 0.3) is 15.9 Å². The average molecular weight is 430 g/mol. The number of ether oxygens (including phenoxy) is 1. The third kappa shape index (κ3) is 4.77. The van der Waals surface area contributed by atoms with Crippen molar-refractivity contribution in [2.75, 3.05) is 43.1 Å². The number of aliphatic imine (C=N–C) groups is 1. The number of carbonyl (C=O) groups excluding carboxylic acids is 1. The standard InChI is InChI=1S/C20H23N5O4S/c26-20(18-14-16(6-8-21-18)25-9-11-29-12-10-25)23-15-3-1-4-17(13-15)30(27,28)24-19-5-2-7-22-19/h1,3-4,6,8,13-14H,2,5,7,9-12H2,(H,22,24)(H,23,26). The molecule has 2 aliphatic rings. The number of morpholine rings is 1. The molecule has 9 nitrogen and oxygen atoms in total. The Hall–Kier alpha value is -2.98. The summed E-state index contributed by atoms with van der Waals surface area (Å²) in [5, 5.41) is 2.73. The van der Waals surface area contributed by atoms with Crippen molar-refractivity contribution in [3.05, 3.63) is 48.3 Å². The van der Waals surface area contributed by atoms with Crippen LogP contribution in [-0.2, 0) is 14.8 Å². The maximum atomic E-state index is 12.7. The number of rotatable bonds is 5. The number of amidine groups is 1. The van der Waals surface area contributed by atoms with E-state index < -0.39 is 15.9 Å². The number of nitrogens with one attached hydrogen (secondary N) is 2. The Kier molecular flexibility index (Phi) is 5.96. The lowest BCUT2D eigenvalue weighted by Crippen LogP contribution is -2.36. The molecule has 0 unspecified atom stereocenters. The van der Waals surface area contributed by atoms with E-state index in [1.807, 2.05) is 6.07 Å². The molecule has 0 spiro atoms. The quantitative estimate of drug-likeness (QED) is 0.747. The van der Waals surface area contributed by atoms with E-state index in [9.17, 15) is 13.2 Å². The van der Waals surface area contributed by atoms with Gasteiger partial charge in [-0.15, -0.1) is 0 Å². The third-order valence-electron chi connectivity index (χ3n) is 4.88. The van der Waals surface area contributed by atoms with Crippen LogP contribution in [0.4, 0.5) is 11.4 Å². The Balaban J connectivity index is 1.48. The van der Waals surface area contributed by atoms with E-state index in [0.29, 0.717) is 37.7 Å². The average Bonchev–Trinajstić information content (AvgIpc) is 3.27. The van der Waals surface area contributed by atoms with Crippen LogP contribution in [0.3, 0.4) is 0 Å². The van der Waals surface area contributed by atoms with Gasteiger partial charge in [-0.2, -0.15) is 0 Å². The molecule has 1 fully saturated rings. The largest absolute Gasteiger partial charge is 0.378 e. The van der Waals surface area contributed by atoms with Crippen LogP contribution >= 0.6 is 0 Å². The molecule has 3 heterocycles. The highest BCUT2D eigenvalue weighted by Gasteiger charge is 2.19. The van der Waals surface area contributed by atoms with Gasteiger partial charge in [0.15, 0.2) is 0 Å². The van der Waals surface area contributed by atoms with Crippen LogP contribution in [0.25, 0.3) is 0 Å². The van der Waals surface area contributed by atoms with E-state index in [2.05, 4.69) is 24.9 Å². The van der Waals surface area contributed by atoms with Gasteiger partial charge in [0.05, 0.1) is 18.1 Å². The number of aromatic nitrogens is 1. The van der Waals surface area contributed by atoms with Crippen LogP contribution in [0.1, 0.15) is 23.3 Å². The number of sulfonamides is 1. The summed E-state index contributed by atoms with van der Waals surface area (Å²) in [6.07, 6.45) is 3.04. The summed E-state index contributed by atoms with van der Waals surface area (Å²) < 4.78 is 33.0. The normalized spacial score (nSPS) is 16.8. The van der Waals surface area contributed by atoms with Crippen molar-refractivity contribution >= 4 is 33.1 Å². The molecular formula is C20H23N5O4S. The first-order chi connectivity index (χ1) is 14.5. The minimum Gasteiger partial charge on any atom is -0.378 e. The van der Waals surface area contributed by atoms with Crippen molar-refractivity contribution in [1.29, 1.82) is 0 Å². The van der Waals surface area contributed by atoms with E-state index in [1.165, 1.54) is 12.1 Å². The Bertz CT molecular complexity index is 1060. The lowest BCUT2D eigenvalue weighted by molar-refractivity contribution is 0.102. The first-order valence-electron chi connectivity index (χ1n) is 9.78. The van der Waals surface area contributed by atoms with Gasteiger partial charge in [-0.3, -0.25) is 19.5 Å². The van der Waals surface area contributed by atoms with Gasteiger partial charge in [-0.25, -0.2) is 8.42 Å². The molecule has 2 aliphatic heterocycles. The number of nitrogens with zero attached hydrogens (tertiary/aromatic N) is 3. The lowest BCUT2D eigenvalue weighted by atomic mass is 10.2. The van der Waals surface area contributed by atoms with E-state index >= 15 is 0 Å². The van der Waals surface area contributed by atoms with Gasteiger partial charge >= 0.3 is 0 Å². The molecule has 2 N–H and O–H groups in total. The molecule has 30 heavy (non-hydrogen) atoms. The Morgan fingerprint density at radius 3 is 2.73 bits per heavy atom. The molecule has 1 amide bonds. The van der Waals surface area contributed by atoms with Crippen molar-refractivity contribution in [2.45, 2.75) is 17.7 Å². The van der Waals surface area contributed by atoms with Crippen molar-refractivity contribution in [2.24, 2.45) is 4.99 Å². The summed E-state index contributed by atoms with van der Waals surface area (Å²) >= 11 is 0. The molecule has 2 aromatic rings. The number of benzene rings is 1. The van der Waals surface area contributed by atoms with E-state index in [1.54, 1.807) is 24.4 Å². The second kappa shape index (κ2) is 8.80. The SMILES string of the molecule is O=C(Nc1cccc(S(=O)(=O)NC2=NCCC2)c1)c1cc(N2CCOCC2)ccn1. The van der Waals surface area contributed by atoms with Gasteiger partial charge in [0, 0.05) is 43.6 Å². The minimum absolute atomic E-state index is 0.0601. The van der Waals surface area contributed by atoms with Gasteiger partial charge in [0.2, 0.25) is 0 Å². The number of anilines is 2. The highest BCUT2D eigenvalue weighted by atomic mass is 32.2. The van der Waals surface area contributed by atoms with E-state index in [4.69, 9.17) is 4.74 Å². The van der Waals surface area contributed by atoms with Crippen LogP contribution < -0.4 is 14.9 Å². The van der Waals surface area contributed by atoms with Crippen molar-refractivity contribution in [1.82, 2.24) is 9.71 Å². The predicted molar refractivity (Wildman–Crippen MR) is 114 cm³/mol. The van der Waals surface area contributed by atoms with Crippen LogP contribution in [-0.4, -0.2) is 58.0 Å². The number of hydrogen-bond acceptors (Lipinski definition) is 7. The summed E-state index contributed by atoms with van der Waals surface area (Å²) in [5.41, 5.74) is 1.52. The number of pyridine rings is 1. The fraction of sp³-hybridized carbons (Fsp3) is 0.350. The van der Waals surface area contributed by atoms with E-state index in [-0.39, 0.29) is 10.6 Å². The first kappa shape index (κ1) is 20.3. The van der Waals surface area contributed by atoms with Gasteiger partial charge in [-0.05, 0) is 36.8 Å². The van der Waals surface area contributed by atoms with Crippen molar-refractivity contribution in [3.8, 4) is 0 Å². The summed E-state index contributed by atoms with van der Waals surface area (Å²) in [6, 6.07) is 9.69. The fourth-order valence-electron chi connectivity index (χ4n) is 3.33. The predicted octanol–water partition coefficient (Wildman–Crippen LogP) is 1.64. The molecule has 0 aliphatic carbocycles. The summed E-state index contributed by atoms with van der Waals surface area (Å²) in [6.45, 7) is 3.42. The molecule has 158 valence electrons. The first-order valence-corrected chi connectivity index (χ1v) is 11.3. The molecule has 0 bridgehead atoms. The van der Waals surface area contributed by atoms with Crippen LogP contribution in [0.2, 0.25) is 0 Å². The van der Waals surface area contributed by atoms with Crippen LogP contribution in [0.5, 0.6) is 0 Å². The third-order valence-corrected chi connectivity index (χ3v) is 6.26. The minimum atomic E-state index is -3.75. The van der Waals surface area contributed by atoms with Crippen molar-refractivity contribution < 1.29 is 17.9 Å². The zero-order chi connectivity index (χ0) is 21.0. The summed E-state index contributed by atoms with van der Waals surface area (Å²) in [7, 11) is -3.75. The van der Waals surface area contributed by atoms with Gasteiger partial charge in [0.1, 0.15) is 11.5 Å². The zero-order valence-electron chi connectivity index (χ0n) is 16.4. The molecule has 1 saturated heterocycles. The Morgan fingerprint density at radius 1 is 1.13 bits per heavy atom. The summed E-state index contributed by atoms with van der Waals surface area (Å²) in [5.74, 6) is 0.0568. The number of amides is 1. The fourth-order valence-corrected chi connectivity index (χ4v) is 4.47. The number of carbonyl (C=O) groups is 1. The molecule has 1 aromatic heterocycles. The van der Waals surface area contributed by atoms with E-state index in [0.717, 1.165) is 25.2 Å². The Morgan fingerprint density at radius 2 is 1.97 bits per heavy atom. The number of hydrogen-bond donors (Lipinski definition) is 2. The molecule has 0 saturated carbocycles. The molecule has 0 atom stereocenters. The smallest absolute Gasteiger partial charge is 0.274 e. The van der Waals surface area contributed by atoms with Gasteiger partial charge < -0.3 is 15.0 Å². The maximum Gasteiger partial charge on any atom is 0.274 e. The molecule has 10 heteroatoms. The molecular weight excluding hydrogens is 406 g/mol. The molecule has 0 radical (unpaired) electrons. The highest BCUT2D eigenvalue weighted by Crippen LogP contribution is 2.19. The van der Waals surface area contributed by atoms with Crippen LogP contribution in [0, 0.1) is 0 Å². The molecule has 4 rings (SSSR count). The highest BCUT2D eigenvalue weighted by molar-refractivity contribution is 7.90.